The van der Waals surface area contributed by atoms with Crippen LogP contribution in [0.25, 0.3) is 0 Å². The molecule has 3 rings (SSSR count). The Kier molecular flexibility index (Phi) is 2.86. The van der Waals surface area contributed by atoms with E-state index in [0.717, 1.165) is 12.8 Å². The molecule has 1 saturated heterocycles. The Morgan fingerprint density at radius 1 is 1.39 bits per heavy atom. The van der Waals surface area contributed by atoms with Gasteiger partial charge in [-0.25, -0.2) is 4.98 Å². The van der Waals surface area contributed by atoms with E-state index < -0.39 is 0 Å². The third kappa shape index (κ3) is 2.03. The van der Waals surface area contributed by atoms with Crippen LogP contribution in [0, 0.1) is 5.92 Å². The number of hydrogen-bond acceptors (Lipinski definition) is 4. The van der Waals surface area contributed by atoms with Crippen molar-refractivity contribution < 1.29 is 5.11 Å². The summed E-state index contributed by atoms with van der Waals surface area (Å²) in [6.07, 6.45) is 6.14. The Hall–Kier alpha value is -1.36. The quantitative estimate of drug-likeness (QED) is 0.841. The largest absolute Gasteiger partial charge is 0.393 e. The van der Waals surface area contributed by atoms with Gasteiger partial charge in [0.2, 0.25) is 0 Å². The molecule has 0 amide bonds. The second-order valence-electron chi connectivity index (χ2n) is 5.47. The molecule has 1 aliphatic heterocycles. The normalized spacial score (nSPS) is 28.4. The van der Waals surface area contributed by atoms with E-state index in [1.165, 1.54) is 0 Å². The lowest BCUT2D eigenvalue weighted by Crippen LogP contribution is -2.45. The van der Waals surface area contributed by atoms with E-state index in [2.05, 4.69) is 4.98 Å². The van der Waals surface area contributed by atoms with E-state index in [1.54, 1.807) is 17.0 Å². The van der Waals surface area contributed by atoms with E-state index >= 15 is 0 Å². The first kappa shape index (κ1) is 11.7. The number of aliphatic hydroxyl groups excluding tert-OH is 1. The maximum atomic E-state index is 12.3. The van der Waals surface area contributed by atoms with Crippen molar-refractivity contribution in [3.8, 4) is 0 Å². The van der Waals surface area contributed by atoms with Crippen LogP contribution >= 0.6 is 0 Å². The smallest absolute Gasteiger partial charge is 0.293 e. The highest BCUT2D eigenvalue weighted by Gasteiger charge is 2.29. The molecule has 1 saturated carbocycles. The summed E-state index contributed by atoms with van der Waals surface area (Å²) in [7, 11) is 0. The molecule has 2 aliphatic rings. The Bertz CT molecular complexity index is 495. The Balaban J connectivity index is 1.88. The van der Waals surface area contributed by atoms with Crippen LogP contribution in [-0.2, 0) is 0 Å². The second kappa shape index (κ2) is 4.39. The second-order valence-corrected chi connectivity index (χ2v) is 5.47. The van der Waals surface area contributed by atoms with E-state index in [0.29, 0.717) is 31.4 Å². The average molecular weight is 249 g/mol. The van der Waals surface area contributed by atoms with Crippen molar-refractivity contribution in [2.45, 2.75) is 38.3 Å². The zero-order valence-corrected chi connectivity index (χ0v) is 10.6. The maximum absolute atomic E-state index is 12.3. The van der Waals surface area contributed by atoms with Crippen LogP contribution in [0.2, 0.25) is 0 Å². The van der Waals surface area contributed by atoms with Gasteiger partial charge in [-0.05, 0) is 25.2 Å². The van der Waals surface area contributed by atoms with Gasteiger partial charge in [0, 0.05) is 31.5 Å². The summed E-state index contributed by atoms with van der Waals surface area (Å²) in [5, 5.41) is 9.73. The molecule has 0 spiro atoms. The van der Waals surface area contributed by atoms with Crippen LogP contribution in [0.5, 0.6) is 0 Å². The molecule has 5 heteroatoms. The first-order valence-electron chi connectivity index (χ1n) is 6.67. The summed E-state index contributed by atoms with van der Waals surface area (Å²) in [4.78, 5) is 18.6. The molecule has 1 aliphatic carbocycles. The molecule has 1 N–H and O–H groups in total. The van der Waals surface area contributed by atoms with Gasteiger partial charge in [0.05, 0.1) is 6.10 Å². The van der Waals surface area contributed by atoms with Crippen molar-refractivity contribution in [3.05, 3.63) is 22.7 Å². The van der Waals surface area contributed by atoms with Crippen molar-refractivity contribution >= 4 is 5.82 Å². The molecule has 18 heavy (non-hydrogen) atoms. The Morgan fingerprint density at radius 2 is 2.17 bits per heavy atom. The summed E-state index contributed by atoms with van der Waals surface area (Å²) < 4.78 is 1.80. The highest BCUT2D eigenvalue weighted by molar-refractivity contribution is 5.36. The van der Waals surface area contributed by atoms with Gasteiger partial charge in [-0.1, -0.05) is 6.92 Å². The fourth-order valence-electron chi connectivity index (χ4n) is 2.60. The molecule has 5 nitrogen and oxygen atoms in total. The fourth-order valence-corrected chi connectivity index (χ4v) is 2.60. The van der Waals surface area contributed by atoms with E-state index in [4.69, 9.17) is 0 Å². The zero-order chi connectivity index (χ0) is 12.7. The van der Waals surface area contributed by atoms with Crippen LogP contribution < -0.4 is 10.5 Å². The predicted octanol–water partition coefficient (Wildman–Crippen LogP) is 0.785. The van der Waals surface area contributed by atoms with Crippen molar-refractivity contribution in [2.75, 3.05) is 18.0 Å². The predicted molar refractivity (Wildman–Crippen MR) is 68.8 cm³/mol. The molecule has 0 radical (unpaired) electrons. The SMILES string of the molecule is CC1CN(c2nccn(C3CC3)c2=O)CCC1O. The van der Waals surface area contributed by atoms with Gasteiger partial charge in [-0.15, -0.1) is 0 Å². The van der Waals surface area contributed by atoms with Crippen molar-refractivity contribution in [1.29, 1.82) is 0 Å². The van der Waals surface area contributed by atoms with E-state index in [-0.39, 0.29) is 17.6 Å². The number of piperidine rings is 1. The number of aliphatic hydroxyl groups is 1. The zero-order valence-electron chi connectivity index (χ0n) is 10.6. The number of aromatic nitrogens is 2. The first-order chi connectivity index (χ1) is 8.66. The topological polar surface area (TPSA) is 58.4 Å². The summed E-state index contributed by atoms with van der Waals surface area (Å²) in [6.45, 7) is 3.43. The van der Waals surface area contributed by atoms with Gasteiger partial charge in [0.1, 0.15) is 0 Å². The third-order valence-corrected chi connectivity index (χ3v) is 3.95. The van der Waals surface area contributed by atoms with Crippen LogP contribution in [0.3, 0.4) is 0 Å². The standard InChI is InChI=1S/C13H19N3O2/c1-9-8-15(6-4-11(9)17)12-13(18)16(7-5-14-12)10-2-3-10/h5,7,9-11,17H,2-4,6,8H2,1H3. The summed E-state index contributed by atoms with van der Waals surface area (Å²) in [5.74, 6) is 0.734. The average Bonchev–Trinajstić information content (AvgIpc) is 3.17. The van der Waals surface area contributed by atoms with Crippen LogP contribution in [0.4, 0.5) is 5.82 Å². The Labute approximate surface area is 106 Å². The number of anilines is 1. The van der Waals surface area contributed by atoms with Crippen molar-refractivity contribution in [1.82, 2.24) is 9.55 Å². The van der Waals surface area contributed by atoms with Gasteiger partial charge in [0.25, 0.3) is 5.56 Å². The molecule has 2 heterocycles. The number of hydrogen-bond donors (Lipinski definition) is 1. The van der Waals surface area contributed by atoms with Gasteiger partial charge >= 0.3 is 0 Å². The molecule has 0 bridgehead atoms. The molecule has 0 aromatic carbocycles. The number of nitrogens with zero attached hydrogens (tertiary/aromatic N) is 3. The van der Waals surface area contributed by atoms with E-state index in [9.17, 15) is 9.90 Å². The molecular formula is C13H19N3O2. The minimum Gasteiger partial charge on any atom is -0.393 e. The van der Waals surface area contributed by atoms with Gasteiger partial charge in [-0.3, -0.25) is 4.79 Å². The monoisotopic (exact) mass is 249 g/mol. The van der Waals surface area contributed by atoms with Crippen LogP contribution in [0.15, 0.2) is 17.2 Å². The lowest BCUT2D eigenvalue weighted by atomic mass is 9.97. The van der Waals surface area contributed by atoms with Crippen LogP contribution in [0.1, 0.15) is 32.2 Å². The molecule has 2 unspecified atom stereocenters. The molecular weight excluding hydrogens is 230 g/mol. The van der Waals surface area contributed by atoms with E-state index in [1.807, 2.05) is 11.8 Å². The molecule has 1 aromatic heterocycles. The lowest BCUT2D eigenvalue weighted by Gasteiger charge is -2.34. The number of rotatable bonds is 2. The highest BCUT2D eigenvalue weighted by atomic mass is 16.3. The fraction of sp³-hybridized carbons (Fsp3) is 0.692. The van der Waals surface area contributed by atoms with Crippen molar-refractivity contribution in [2.24, 2.45) is 5.92 Å². The summed E-state index contributed by atoms with van der Waals surface area (Å²) in [6, 6.07) is 0.382. The molecule has 2 fully saturated rings. The molecule has 1 aromatic rings. The molecule has 98 valence electrons. The van der Waals surface area contributed by atoms with Gasteiger partial charge in [0.15, 0.2) is 5.82 Å². The van der Waals surface area contributed by atoms with Crippen molar-refractivity contribution in [3.63, 3.8) is 0 Å². The molecule has 2 atom stereocenters. The summed E-state index contributed by atoms with van der Waals surface area (Å²) >= 11 is 0. The first-order valence-corrected chi connectivity index (χ1v) is 6.67. The Morgan fingerprint density at radius 3 is 2.83 bits per heavy atom. The minimum atomic E-state index is -0.254. The lowest BCUT2D eigenvalue weighted by molar-refractivity contribution is 0.0968. The van der Waals surface area contributed by atoms with Crippen LogP contribution in [-0.4, -0.2) is 33.9 Å². The minimum absolute atomic E-state index is 0.0172. The highest BCUT2D eigenvalue weighted by Crippen LogP contribution is 2.33. The maximum Gasteiger partial charge on any atom is 0.293 e. The summed E-state index contributed by atoms with van der Waals surface area (Å²) in [5.41, 5.74) is 0.0172. The van der Waals surface area contributed by atoms with Gasteiger partial charge < -0.3 is 14.6 Å². The third-order valence-electron chi connectivity index (χ3n) is 3.95. The van der Waals surface area contributed by atoms with Gasteiger partial charge in [-0.2, -0.15) is 0 Å².